The summed E-state index contributed by atoms with van der Waals surface area (Å²) in [4.78, 5) is 12.4. The predicted molar refractivity (Wildman–Crippen MR) is 101 cm³/mol. The van der Waals surface area contributed by atoms with E-state index in [2.05, 4.69) is 5.32 Å². The van der Waals surface area contributed by atoms with Gasteiger partial charge < -0.3 is 15.8 Å². The van der Waals surface area contributed by atoms with Crippen LogP contribution in [0.4, 0.5) is 0 Å². The van der Waals surface area contributed by atoms with E-state index in [-0.39, 0.29) is 29.4 Å². The molecule has 0 radical (unpaired) electrons. The average molecular weight is 376 g/mol. The Hall–Kier alpha value is -2.38. The molecule has 3 N–H and O–H groups in total. The van der Waals surface area contributed by atoms with Crippen molar-refractivity contribution in [3.05, 3.63) is 60.2 Å². The molecule has 2 aromatic rings. The summed E-state index contributed by atoms with van der Waals surface area (Å²) in [6.45, 7) is 2.40. The fraction of sp³-hybridized carbons (Fsp3) is 0.316. The Morgan fingerprint density at radius 2 is 1.73 bits per heavy atom. The summed E-state index contributed by atoms with van der Waals surface area (Å²) < 4.78 is 28.3. The zero-order valence-corrected chi connectivity index (χ0v) is 15.7. The Kier molecular flexibility index (Phi) is 6.76. The van der Waals surface area contributed by atoms with Crippen LogP contribution >= 0.6 is 0 Å². The molecule has 0 saturated carbocycles. The molecule has 0 saturated heterocycles. The van der Waals surface area contributed by atoms with Gasteiger partial charge in [-0.3, -0.25) is 4.79 Å². The SMILES string of the molecule is CC(C(=O)NCCOc1ccc(S(C)(=O)=O)cc1)C(N)c1ccccc1. The monoisotopic (exact) mass is 376 g/mol. The smallest absolute Gasteiger partial charge is 0.224 e. The van der Waals surface area contributed by atoms with Crippen LogP contribution in [0.25, 0.3) is 0 Å². The molecule has 0 aliphatic carbocycles. The van der Waals surface area contributed by atoms with Crippen molar-refractivity contribution in [2.75, 3.05) is 19.4 Å². The van der Waals surface area contributed by atoms with Crippen LogP contribution in [-0.2, 0) is 14.6 Å². The lowest BCUT2D eigenvalue weighted by Crippen LogP contribution is -2.37. The van der Waals surface area contributed by atoms with E-state index >= 15 is 0 Å². The Labute approximate surface area is 154 Å². The lowest BCUT2D eigenvalue weighted by atomic mass is 9.95. The van der Waals surface area contributed by atoms with Crippen LogP contribution in [0.5, 0.6) is 5.75 Å². The number of hydrogen-bond acceptors (Lipinski definition) is 5. The minimum absolute atomic E-state index is 0.141. The van der Waals surface area contributed by atoms with Crippen molar-refractivity contribution >= 4 is 15.7 Å². The average Bonchev–Trinajstić information content (AvgIpc) is 2.64. The third kappa shape index (κ3) is 5.57. The van der Waals surface area contributed by atoms with Gasteiger partial charge in [0.15, 0.2) is 9.84 Å². The second-order valence-corrected chi connectivity index (χ2v) is 8.12. The van der Waals surface area contributed by atoms with Crippen LogP contribution in [0, 0.1) is 5.92 Å². The van der Waals surface area contributed by atoms with E-state index in [0.717, 1.165) is 11.8 Å². The van der Waals surface area contributed by atoms with Gasteiger partial charge in [0.2, 0.25) is 5.91 Å². The van der Waals surface area contributed by atoms with Crippen LogP contribution < -0.4 is 15.8 Å². The number of nitrogens with one attached hydrogen (secondary N) is 1. The minimum Gasteiger partial charge on any atom is -0.492 e. The van der Waals surface area contributed by atoms with Crippen LogP contribution in [0.1, 0.15) is 18.5 Å². The summed E-state index contributed by atoms with van der Waals surface area (Å²) in [5, 5.41) is 2.80. The van der Waals surface area contributed by atoms with Crippen LogP contribution in [0.15, 0.2) is 59.5 Å². The van der Waals surface area contributed by atoms with Crippen molar-refractivity contribution in [2.45, 2.75) is 17.9 Å². The van der Waals surface area contributed by atoms with Crippen molar-refractivity contribution in [1.82, 2.24) is 5.32 Å². The van der Waals surface area contributed by atoms with Gasteiger partial charge in [0, 0.05) is 12.3 Å². The van der Waals surface area contributed by atoms with Gasteiger partial charge in [-0.15, -0.1) is 0 Å². The number of rotatable bonds is 8. The second-order valence-electron chi connectivity index (χ2n) is 6.11. The molecular formula is C19H24N2O4S. The molecule has 140 valence electrons. The number of nitrogens with two attached hydrogens (primary N) is 1. The lowest BCUT2D eigenvalue weighted by molar-refractivity contribution is -0.125. The van der Waals surface area contributed by atoms with E-state index in [4.69, 9.17) is 10.5 Å². The van der Waals surface area contributed by atoms with Crippen molar-refractivity contribution in [2.24, 2.45) is 11.7 Å². The van der Waals surface area contributed by atoms with Gasteiger partial charge in [0.25, 0.3) is 0 Å². The molecule has 2 aromatic carbocycles. The summed E-state index contributed by atoms with van der Waals surface area (Å²) in [5.74, 6) is 0.0320. The highest BCUT2D eigenvalue weighted by molar-refractivity contribution is 7.90. The summed E-state index contributed by atoms with van der Waals surface area (Å²) in [6.07, 6.45) is 1.15. The first-order chi connectivity index (χ1) is 12.3. The minimum atomic E-state index is -3.22. The number of amides is 1. The first-order valence-corrected chi connectivity index (χ1v) is 10.2. The summed E-state index contributed by atoms with van der Waals surface area (Å²) in [5.41, 5.74) is 7.06. The molecule has 0 bridgehead atoms. The van der Waals surface area contributed by atoms with Crippen LogP contribution in [0.2, 0.25) is 0 Å². The molecule has 0 spiro atoms. The molecule has 2 atom stereocenters. The lowest BCUT2D eigenvalue weighted by Gasteiger charge is -2.19. The van der Waals surface area contributed by atoms with E-state index in [9.17, 15) is 13.2 Å². The molecule has 0 heterocycles. The Morgan fingerprint density at radius 1 is 1.12 bits per heavy atom. The third-order valence-corrected chi connectivity index (χ3v) is 5.19. The van der Waals surface area contributed by atoms with Gasteiger partial charge in [-0.2, -0.15) is 0 Å². The molecule has 0 aliphatic heterocycles. The predicted octanol–water partition coefficient (Wildman–Crippen LogP) is 1.92. The maximum atomic E-state index is 12.2. The summed E-state index contributed by atoms with van der Waals surface area (Å²) in [7, 11) is -3.22. The van der Waals surface area contributed by atoms with Gasteiger partial charge in [-0.05, 0) is 29.8 Å². The maximum absolute atomic E-state index is 12.2. The van der Waals surface area contributed by atoms with Crippen molar-refractivity contribution in [3.8, 4) is 5.75 Å². The molecule has 1 amide bonds. The molecule has 6 nitrogen and oxygen atoms in total. The third-order valence-electron chi connectivity index (χ3n) is 4.06. The maximum Gasteiger partial charge on any atom is 0.224 e. The fourth-order valence-corrected chi connectivity index (χ4v) is 3.04. The van der Waals surface area contributed by atoms with Gasteiger partial charge in [0.1, 0.15) is 12.4 Å². The topological polar surface area (TPSA) is 98.5 Å². The van der Waals surface area contributed by atoms with Gasteiger partial charge in [0.05, 0.1) is 17.4 Å². The molecule has 2 unspecified atom stereocenters. The fourth-order valence-electron chi connectivity index (χ4n) is 2.41. The van der Waals surface area contributed by atoms with Gasteiger partial charge >= 0.3 is 0 Å². The van der Waals surface area contributed by atoms with E-state index < -0.39 is 9.84 Å². The molecule has 0 aromatic heterocycles. The van der Waals surface area contributed by atoms with E-state index in [1.165, 1.54) is 12.1 Å². The summed E-state index contributed by atoms with van der Waals surface area (Å²) in [6, 6.07) is 15.3. The highest BCUT2D eigenvalue weighted by atomic mass is 32.2. The number of ether oxygens (including phenoxy) is 1. The van der Waals surface area contributed by atoms with Crippen LogP contribution in [0.3, 0.4) is 0 Å². The Bertz CT molecular complexity index is 820. The molecule has 0 aliphatic rings. The first-order valence-electron chi connectivity index (χ1n) is 8.30. The largest absolute Gasteiger partial charge is 0.492 e. The van der Waals surface area contributed by atoms with Crippen molar-refractivity contribution < 1.29 is 17.9 Å². The van der Waals surface area contributed by atoms with Crippen molar-refractivity contribution in [1.29, 1.82) is 0 Å². The molecule has 26 heavy (non-hydrogen) atoms. The molecule has 7 heteroatoms. The standard InChI is InChI=1S/C19H24N2O4S/c1-14(18(20)15-6-4-3-5-7-15)19(22)21-12-13-25-16-8-10-17(11-9-16)26(2,23)24/h3-11,14,18H,12-13,20H2,1-2H3,(H,21,22). The van der Waals surface area contributed by atoms with Gasteiger partial charge in [-0.25, -0.2) is 8.42 Å². The zero-order chi connectivity index (χ0) is 19.2. The van der Waals surface area contributed by atoms with Crippen molar-refractivity contribution in [3.63, 3.8) is 0 Å². The molecule has 2 rings (SSSR count). The summed E-state index contributed by atoms with van der Waals surface area (Å²) >= 11 is 0. The second kappa shape index (κ2) is 8.82. The highest BCUT2D eigenvalue weighted by Gasteiger charge is 2.21. The first kappa shape index (κ1) is 19.9. The Morgan fingerprint density at radius 3 is 2.31 bits per heavy atom. The number of hydrogen-bond donors (Lipinski definition) is 2. The van der Waals surface area contributed by atoms with Gasteiger partial charge in [-0.1, -0.05) is 37.3 Å². The highest BCUT2D eigenvalue weighted by Crippen LogP contribution is 2.19. The Balaban J connectivity index is 1.78. The van der Waals surface area contributed by atoms with E-state index in [0.29, 0.717) is 12.3 Å². The molecule has 0 fully saturated rings. The number of sulfone groups is 1. The number of carbonyl (C=O) groups is 1. The van der Waals surface area contributed by atoms with E-state index in [1.54, 1.807) is 19.1 Å². The quantitative estimate of drug-likeness (QED) is 0.686. The molecular weight excluding hydrogens is 352 g/mol. The zero-order valence-electron chi connectivity index (χ0n) is 14.9. The van der Waals surface area contributed by atoms with E-state index in [1.807, 2.05) is 30.3 Å². The number of benzene rings is 2. The number of carbonyl (C=O) groups excluding carboxylic acids is 1. The normalized spacial score (nSPS) is 13.7. The van der Waals surface area contributed by atoms with Crippen LogP contribution in [-0.4, -0.2) is 33.7 Å².